The van der Waals surface area contributed by atoms with E-state index in [1.807, 2.05) is 48.5 Å². The molecule has 0 aliphatic heterocycles. The molecule has 0 fully saturated rings. The van der Waals surface area contributed by atoms with Crippen molar-refractivity contribution < 1.29 is 4.92 Å². The summed E-state index contributed by atoms with van der Waals surface area (Å²) >= 11 is 0. The van der Waals surface area contributed by atoms with Gasteiger partial charge in [-0.3, -0.25) is 10.1 Å². The van der Waals surface area contributed by atoms with Crippen LogP contribution in [-0.2, 0) is 5.54 Å². The molecule has 94 valence electrons. The molecule has 3 nitrogen and oxygen atoms in total. The van der Waals surface area contributed by atoms with Crippen LogP contribution in [0.4, 0.5) is 0 Å². The molecule has 2 aromatic carbocycles. The summed E-state index contributed by atoms with van der Waals surface area (Å²) in [6.07, 6.45) is 1.48. The Bertz CT molecular complexity index is 645. The summed E-state index contributed by atoms with van der Waals surface area (Å²) in [5.74, 6) is 0.328. The SMILES string of the molecule is O=[N+]([O-])C12CCC(c3ccccc31)c1ccccc12. The summed E-state index contributed by atoms with van der Waals surface area (Å²) in [6.45, 7) is 0. The lowest BCUT2D eigenvalue weighted by Gasteiger charge is -2.43. The number of hydrogen-bond acceptors (Lipinski definition) is 2. The summed E-state index contributed by atoms with van der Waals surface area (Å²) < 4.78 is 0. The van der Waals surface area contributed by atoms with Gasteiger partial charge in [-0.05, 0) is 17.5 Å². The van der Waals surface area contributed by atoms with Gasteiger partial charge < -0.3 is 0 Å². The van der Waals surface area contributed by atoms with Crippen molar-refractivity contribution in [3.8, 4) is 0 Å². The van der Waals surface area contributed by atoms with E-state index in [9.17, 15) is 10.1 Å². The Morgan fingerprint density at radius 3 is 2.05 bits per heavy atom. The topological polar surface area (TPSA) is 43.1 Å². The minimum absolute atomic E-state index is 0.0833. The minimum atomic E-state index is -1.03. The largest absolute Gasteiger partial charge is 0.272 e. The van der Waals surface area contributed by atoms with Gasteiger partial charge in [0.2, 0.25) is 0 Å². The van der Waals surface area contributed by atoms with Crippen LogP contribution in [0.2, 0.25) is 0 Å². The van der Waals surface area contributed by atoms with Gasteiger partial charge in [-0.25, -0.2) is 0 Å². The third-order valence-corrected chi connectivity index (χ3v) is 4.67. The van der Waals surface area contributed by atoms with Crippen molar-refractivity contribution in [2.75, 3.05) is 0 Å². The maximum atomic E-state index is 11.9. The molecule has 19 heavy (non-hydrogen) atoms. The van der Waals surface area contributed by atoms with Gasteiger partial charge in [0, 0.05) is 28.4 Å². The molecule has 0 amide bonds. The van der Waals surface area contributed by atoms with Crippen LogP contribution in [0.15, 0.2) is 48.5 Å². The molecule has 2 aromatic rings. The Kier molecular flexibility index (Phi) is 1.94. The molecule has 3 aliphatic rings. The lowest BCUT2D eigenvalue weighted by Crippen LogP contribution is -2.45. The van der Waals surface area contributed by atoms with E-state index in [0.717, 1.165) is 28.7 Å². The van der Waals surface area contributed by atoms with Gasteiger partial charge in [0.25, 0.3) is 5.54 Å². The smallest absolute Gasteiger partial charge is 0.263 e. The van der Waals surface area contributed by atoms with Gasteiger partial charge in [-0.1, -0.05) is 48.5 Å². The summed E-state index contributed by atoms with van der Waals surface area (Å²) in [6, 6.07) is 15.7. The Hall–Kier alpha value is -2.16. The molecule has 0 saturated heterocycles. The van der Waals surface area contributed by atoms with Crippen molar-refractivity contribution in [2.24, 2.45) is 0 Å². The van der Waals surface area contributed by atoms with Crippen molar-refractivity contribution in [3.63, 3.8) is 0 Å². The fourth-order valence-corrected chi connectivity index (χ4v) is 3.89. The molecule has 5 rings (SSSR count). The van der Waals surface area contributed by atoms with Crippen LogP contribution in [0.5, 0.6) is 0 Å². The molecular weight excluding hydrogens is 238 g/mol. The monoisotopic (exact) mass is 251 g/mol. The van der Waals surface area contributed by atoms with E-state index in [1.165, 1.54) is 0 Å². The van der Waals surface area contributed by atoms with Gasteiger partial charge in [0.15, 0.2) is 0 Å². The van der Waals surface area contributed by atoms with E-state index in [4.69, 9.17) is 0 Å². The van der Waals surface area contributed by atoms with Gasteiger partial charge >= 0.3 is 0 Å². The Labute approximate surface area is 111 Å². The standard InChI is InChI=1S/C16H13NO2/c18-17(19)16-10-9-11(12-5-1-3-7-14(12)16)13-6-2-4-8-15(13)16/h1-8,11H,9-10H2. The van der Waals surface area contributed by atoms with Crippen LogP contribution >= 0.6 is 0 Å². The molecule has 0 spiro atoms. The average molecular weight is 251 g/mol. The van der Waals surface area contributed by atoms with Gasteiger partial charge in [-0.15, -0.1) is 0 Å². The first-order valence-corrected chi connectivity index (χ1v) is 6.58. The Morgan fingerprint density at radius 2 is 1.53 bits per heavy atom. The molecule has 0 radical (unpaired) electrons. The molecule has 0 aromatic heterocycles. The van der Waals surface area contributed by atoms with E-state index in [2.05, 4.69) is 0 Å². The number of rotatable bonds is 1. The van der Waals surface area contributed by atoms with Crippen molar-refractivity contribution in [2.45, 2.75) is 24.3 Å². The van der Waals surface area contributed by atoms with Gasteiger partial charge in [0.1, 0.15) is 0 Å². The van der Waals surface area contributed by atoms with Crippen LogP contribution in [0, 0.1) is 10.1 Å². The fourth-order valence-electron chi connectivity index (χ4n) is 3.89. The predicted octanol–water partition coefficient (Wildman–Crippen LogP) is 3.45. The lowest BCUT2D eigenvalue weighted by atomic mass is 9.60. The van der Waals surface area contributed by atoms with E-state index in [1.54, 1.807) is 0 Å². The van der Waals surface area contributed by atoms with Crippen LogP contribution in [-0.4, -0.2) is 4.92 Å². The Balaban J connectivity index is 2.13. The number of nitrogens with zero attached hydrogens (tertiary/aromatic N) is 1. The molecule has 3 heteroatoms. The molecular formula is C16H13NO2. The second kappa shape index (κ2) is 3.44. The zero-order valence-corrected chi connectivity index (χ0v) is 10.4. The highest BCUT2D eigenvalue weighted by Crippen LogP contribution is 2.56. The number of fused-ring (bicyclic) bond motifs is 1. The number of hydrogen-bond donors (Lipinski definition) is 0. The molecule has 2 bridgehead atoms. The molecule has 0 N–H and O–H groups in total. The van der Waals surface area contributed by atoms with Crippen LogP contribution in [0.1, 0.15) is 41.0 Å². The normalized spacial score (nSPS) is 26.6. The highest BCUT2D eigenvalue weighted by molar-refractivity contribution is 5.56. The molecule has 0 heterocycles. The third-order valence-electron chi connectivity index (χ3n) is 4.67. The second-order valence-corrected chi connectivity index (χ2v) is 5.38. The first-order chi connectivity index (χ1) is 9.25. The maximum Gasteiger partial charge on any atom is 0.272 e. The number of benzene rings is 2. The average Bonchev–Trinajstić information content (AvgIpc) is 2.47. The van der Waals surface area contributed by atoms with Crippen molar-refractivity contribution in [3.05, 3.63) is 80.9 Å². The predicted molar refractivity (Wildman–Crippen MR) is 71.7 cm³/mol. The van der Waals surface area contributed by atoms with Crippen LogP contribution in [0.25, 0.3) is 0 Å². The van der Waals surface area contributed by atoms with Crippen LogP contribution < -0.4 is 0 Å². The van der Waals surface area contributed by atoms with Gasteiger partial charge in [-0.2, -0.15) is 0 Å². The van der Waals surface area contributed by atoms with E-state index in [-0.39, 0.29) is 4.92 Å². The van der Waals surface area contributed by atoms with Crippen molar-refractivity contribution in [1.29, 1.82) is 0 Å². The highest BCUT2D eigenvalue weighted by atomic mass is 16.6. The van der Waals surface area contributed by atoms with Crippen molar-refractivity contribution in [1.82, 2.24) is 0 Å². The third kappa shape index (κ3) is 1.13. The minimum Gasteiger partial charge on any atom is -0.263 e. The molecule has 0 atom stereocenters. The molecule has 0 saturated carbocycles. The van der Waals surface area contributed by atoms with Crippen LogP contribution in [0.3, 0.4) is 0 Å². The zero-order chi connectivity index (χ0) is 13.0. The first kappa shape index (κ1) is 10.7. The fraction of sp³-hybridized carbons (Fsp3) is 0.250. The van der Waals surface area contributed by atoms with E-state index >= 15 is 0 Å². The highest BCUT2D eigenvalue weighted by Gasteiger charge is 2.57. The number of nitro groups is 1. The molecule has 3 aliphatic carbocycles. The maximum absolute atomic E-state index is 11.9. The van der Waals surface area contributed by atoms with Crippen molar-refractivity contribution >= 4 is 0 Å². The first-order valence-electron chi connectivity index (χ1n) is 6.58. The zero-order valence-electron chi connectivity index (χ0n) is 10.4. The summed E-state index contributed by atoms with van der Waals surface area (Å²) in [5, 5.41) is 11.9. The second-order valence-electron chi connectivity index (χ2n) is 5.38. The van der Waals surface area contributed by atoms with E-state index in [0.29, 0.717) is 12.3 Å². The lowest BCUT2D eigenvalue weighted by molar-refractivity contribution is -0.570. The summed E-state index contributed by atoms with van der Waals surface area (Å²) in [4.78, 5) is 11.8. The van der Waals surface area contributed by atoms with E-state index < -0.39 is 5.54 Å². The molecule has 0 unspecified atom stereocenters. The summed E-state index contributed by atoms with van der Waals surface area (Å²) in [7, 11) is 0. The quantitative estimate of drug-likeness (QED) is 0.575. The summed E-state index contributed by atoms with van der Waals surface area (Å²) in [5.41, 5.74) is 3.06. The Morgan fingerprint density at radius 1 is 1.00 bits per heavy atom. The van der Waals surface area contributed by atoms with Gasteiger partial charge in [0.05, 0.1) is 0 Å².